The lowest BCUT2D eigenvalue weighted by atomic mass is 10.1. The van der Waals surface area contributed by atoms with E-state index in [-0.39, 0.29) is 0 Å². The van der Waals surface area contributed by atoms with Crippen molar-refractivity contribution in [2.24, 2.45) is 0 Å². The molecule has 0 spiro atoms. The molecule has 2 rings (SSSR count). The monoisotopic (exact) mass is 232 g/mol. The molecule has 1 N–H and O–H groups in total. The van der Waals surface area contributed by atoms with E-state index in [0.717, 1.165) is 11.3 Å². The molecule has 1 aromatic carbocycles. The number of hydrogen-bond acceptors (Lipinski definition) is 3. The highest BCUT2D eigenvalue weighted by Gasteiger charge is 2.13. The molecule has 0 bridgehead atoms. The summed E-state index contributed by atoms with van der Waals surface area (Å²) < 4.78 is 7.19. The van der Waals surface area contributed by atoms with Crippen molar-refractivity contribution in [3.8, 4) is 5.75 Å². The molecular formula is C13H16N2O2. The molecule has 1 heterocycles. The van der Waals surface area contributed by atoms with Gasteiger partial charge in [-0.1, -0.05) is 18.2 Å². The summed E-state index contributed by atoms with van der Waals surface area (Å²) in [6.45, 7) is 2.94. The summed E-state index contributed by atoms with van der Waals surface area (Å²) in [6, 6.07) is 9.37. The van der Waals surface area contributed by atoms with E-state index in [9.17, 15) is 5.11 Å². The highest BCUT2D eigenvalue weighted by molar-refractivity contribution is 5.34. The number of benzene rings is 1. The van der Waals surface area contributed by atoms with E-state index in [1.54, 1.807) is 10.9 Å². The van der Waals surface area contributed by atoms with Gasteiger partial charge in [-0.3, -0.25) is 4.68 Å². The number of hydrogen-bond donors (Lipinski definition) is 1. The number of aromatic nitrogens is 2. The van der Waals surface area contributed by atoms with Gasteiger partial charge in [-0.15, -0.1) is 0 Å². The summed E-state index contributed by atoms with van der Waals surface area (Å²) in [7, 11) is 0. The second kappa shape index (κ2) is 5.50. The molecule has 0 aliphatic carbocycles. The number of aliphatic hydroxyl groups excluding tert-OH is 1. The standard InChI is InChI=1S/C13H16N2O2/c1-2-17-13-7-4-3-6-11(13)12(16)10-15-9-5-8-14-15/h3-9,12,16H,2,10H2,1H3. The number of aliphatic hydroxyl groups is 1. The van der Waals surface area contributed by atoms with Gasteiger partial charge in [0.1, 0.15) is 11.9 Å². The average Bonchev–Trinajstić information content (AvgIpc) is 2.83. The molecular weight excluding hydrogens is 216 g/mol. The molecule has 1 atom stereocenters. The van der Waals surface area contributed by atoms with Crippen LogP contribution in [0.2, 0.25) is 0 Å². The molecule has 0 radical (unpaired) electrons. The van der Waals surface area contributed by atoms with E-state index in [1.807, 2.05) is 43.5 Å². The predicted molar refractivity (Wildman–Crippen MR) is 64.8 cm³/mol. The van der Waals surface area contributed by atoms with Crippen LogP contribution < -0.4 is 4.74 Å². The second-order valence-corrected chi connectivity index (χ2v) is 3.71. The first-order valence-corrected chi connectivity index (χ1v) is 5.68. The largest absolute Gasteiger partial charge is 0.493 e. The van der Waals surface area contributed by atoms with Crippen LogP contribution in [0.1, 0.15) is 18.6 Å². The Morgan fingerprint density at radius 1 is 1.35 bits per heavy atom. The van der Waals surface area contributed by atoms with Crippen molar-refractivity contribution in [2.75, 3.05) is 6.61 Å². The maximum atomic E-state index is 10.2. The molecule has 1 aromatic heterocycles. The highest BCUT2D eigenvalue weighted by Crippen LogP contribution is 2.25. The normalized spacial score (nSPS) is 12.4. The average molecular weight is 232 g/mol. The Kier molecular flexibility index (Phi) is 3.77. The van der Waals surface area contributed by atoms with Crippen LogP contribution in [-0.4, -0.2) is 21.5 Å². The van der Waals surface area contributed by atoms with E-state index in [2.05, 4.69) is 5.10 Å². The van der Waals surface area contributed by atoms with E-state index in [4.69, 9.17) is 4.74 Å². The van der Waals surface area contributed by atoms with Crippen molar-refractivity contribution in [1.29, 1.82) is 0 Å². The van der Waals surface area contributed by atoms with Gasteiger partial charge in [0.05, 0.1) is 13.2 Å². The third kappa shape index (κ3) is 2.85. The minimum Gasteiger partial charge on any atom is -0.493 e. The summed E-state index contributed by atoms with van der Waals surface area (Å²) in [4.78, 5) is 0. The Morgan fingerprint density at radius 3 is 2.88 bits per heavy atom. The van der Waals surface area contributed by atoms with Crippen LogP contribution in [0, 0.1) is 0 Å². The molecule has 0 saturated heterocycles. The van der Waals surface area contributed by atoms with Crippen LogP contribution in [0.3, 0.4) is 0 Å². The fraction of sp³-hybridized carbons (Fsp3) is 0.308. The minimum atomic E-state index is -0.613. The first-order valence-electron chi connectivity index (χ1n) is 5.68. The molecule has 0 fully saturated rings. The number of rotatable bonds is 5. The van der Waals surface area contributed by atoms with Crippen LogP contribution >= 0.6 is 0 Å². The Balaban J connectivity index is 2.15. The molecule has 0 aliphatic rings. The van der Waals surface area contributed by atoms with Gasteiger partial charge in [-0.05, 0) is 19.1 Å². The number of ether oxygens (including phenoxy) is 1. The van der Waals surface area contributed by atoms with Crippen molar-refractivity contribution < 1.29 is 9.84 Å². The van der Waals surface area contributed by atoms with Crippen molar-refractivity contribution in [3.05, 3.63) is 48.3 Å². The van der Waals surface area contributed by atoms with Gasteiger partial charge in [-0.25, -0.2) is 0 Å². The third-order valence-corrected chi connectivity index (χ3v) is 2.50. The first kappa shape index (κ1) is 11.7. The van der Waals surface area contributed by atoms with Crippen molar-refractivity contribution >= 4 is 0 Å². The molecule has 4 heteroatoms. The highest BCUT2D eigenvalue weighted by atomic mass is 16.5. The zero-order valence-corrected chi connectivity index (χ0v) is 9.78. The zero-order chi connectivity index (χ0) is 12.1. The van der Waals surface area contributed by atoms with E-state index < -0.39 is 6.10 Å². The van der Waals surface area contributed by atoms with E-state index in [1.165, 1.54) is 0 Å². The van der Waals surface area contributed by atoms with Crippen LogP contribution in [0.4, 0.5) is 0 Å². The lowest BCUT2D eigenvalue weighted by molar-refractivity contribution is 0.146. The Labute approximate surface area is 100 Å². The molecule has 17 heavy (non-hydrogen) atoms. The lowest BCUT2D eigenvalue weighted by Gasteiger charge is -2.15. The quantitative estimate of drug-likeness (QED) is 0.857. The van der Waals surface area contributed by atoms with Crippen LogP contribution in [-0.2, 0) is 6.54 Å². The van der Waals surface area contributed by atoms with Gasteiger partial charge in [0, 0.05) is 18.0 Å². The zero-order valence-electron chi connectivity index (χ0n) is 9.78. The molecule has 0 amide bonds. The summed E-state index contributed by atoms with van der Waals surface area (Å²) >= 11 is 0. The van der Waals surface area contributed by atoms with Crippen molar-refractivity contribution in [1.82, 2.24) is 9.78 Å². The van der Waals surface area contributed by atoms with Gasteiger partial charge >= 0.3 is 0 Å². The van der Waals surface area contributed by atoms with Gasteiger partial charge < -0.3 is 9.84 Å². The summed E-state index contributed by atoms with van der Waals surface area (Å²) in [5, 5.41) is 14.2. The van der Waals surface area contributed by atoms with Gasteiger partial charge in [0.15, 0.2) is 0 Å². The SMILES string of the molecule is CCOc1ccccc1C(O)Cn1cccn1. The minimum absolute atomic E-state index is 0.428. The summed E-state index contributed by atoms with van der Waals surface area (Å²) in [5.74, 6) is 0.731. The van der Waals surface area contributed by atoms with Crippen LogP contribution in [0.5, 0.6) is 5.75 Å². The number of para-hydroxylation sites is 1. The molecule has 0 aliphatic heterocycles. The van der Waals surface area contributed by atoms with Gasteiger partial charge in [0.2, 0.25) is 0 Å². The molecule has 1 unspecified atom stereocenters. The van der Waals surface area contributed by atoms with Crippen molar-refractivity contribution in [2.45, 2.75) is 19.6 Å². The second-order valence-electron chi connectivity index (χ2n) is 3.71. The fourth-order valence-corrected chi connectivity index (χ4v) is 1.73. The fourth-order valence-electron chi connectivity index (χ4n) is 1.73. The van der Waals surface area contributed by atoms with Gasteiger partial charge in [0.25, 0.3) is 0 Å². The Bertz CT molecular complexity index is 454. The lowest BCUT2D eigenvalue weighted by Crippen LogP contribution is -2.10. The number of nitrogens with zero attached hydrogens (tertiary/aromatic N) is 2. The van der Waals surface area contributed by atoms with Crippen LogP contribution in [0.15, 0.2) is 42.7 Å². The smallest absolute Gasteiger partial charge is 0.125 e. The third-order valence-electron chi connectivity index (χ3n) is 2.50. The molecule has 0 saturated carbocycles. The van der Waals surface area contributed by atoms with Crippen LogP contribution in [0.25, 0.3) is 0 Å². The summed E-state index contributed by atoms with van der Waals surface area (Å²) in [6.07, 6.45) is 2.91. The Hall–Kier alpha value is -1.81. The summed E-state index contributed by atoms with van der Waals surface area (Å²) in [5.41, 5.74) is 0.796. The molecule has 2 aromatic rings. The molecule has 90 valence electrons. The first-order chi connectivity index (χ1) is 8.31. The van der Waals surface area contributed by atoms with Crippen molar-refractivity contribution in [3.63, 3.8) is 0 Å². The predicted octanol–water partition coefficient (Wildman–Crippen LogP) is 2.02. The maximum absolute atomic E-state index is 10.2. The maximum Gasteiger partial charge on any atom is 0.125 e. The topological polar surface area (TPSA) is 47.3 Å². The van der Waals surface area contributed by atoms with E-state index >= 15 is 0 Å². The molecule has 4 nitrogen and oxygen atoms in total. The van der Waals surface area contributed by atoms with E-state index in [0.29, 0.717) is 13.2 Å². The van der Waals surface area contributed by atoms with Gasteiger partial charge in [-0.2, -0.15) is 5.10 Å². The Morgan fingerprint density at radius 2 is 2.18 bits per heavy atom.